The van der Waals surface area contributed by atoms with Crippen LogP contribution in [0.15, 0.2) is 30.3 Å². The second-order valence-corrected chi connectivity index (χ2v) is 6.68. The Kier molecular flexibility index (Phi) is 3.93. The van der Waals surface area contributed by atoms with Gasteiger partial charge in [-0.05, 0) is 48.5 Å². The van der Waals surface area contributed by atoms with E-state index in [-0.39, 0.29) is 0 Å². The molecule has 2 aliphatic rings. The number of rotatable bonds is 4. The molecule has 0 amide bonds. The lowest BCUT2D eigenvalue weighted by Crippen LogP contribution is -2.35. The van der Waals surface area contributed by atoms with E-state index >= 15 is 0 Å². The van der Waals surface area contributed by atoms with E-state index < -0.39 is 0 Å². The van der Waals surface area contributed by atoms with Crippen LogP contribution in [-0.2, 0) is 0 Å². The number of benzene rings is 1. The van der Waals surface area contributed by atoms with Gasteiger partial charge in [-0.15, -0.1) is 0 Å². The van der Waals surface area contributed by atoms with E-state index in [9.17, 15) is 0 Å². The third-order valence-corrected chi connectivity index (χ3v) is 5.58. The molecule has 0 saturated heterocycles. The van der Waals surface area contributed by atoms with Gasteiger partial charge in [-0.25, -0.2) is 0 Å². The second-order valence-electron chi connectivity index (χ2n) is 6.68. The minimum Gasteiger partial charge on any atom is -0.327 e. The van der Waals surface area contributed by atoms with Gasteiger partial charge in [-0.2, -0.15) is 0 Å². The zero-order valence-corrected chi connectivity index (χ0v) is 12.1. The summed E-state index contributed by atoms with van der Waals surface area (Å²) in [6.07, 6.45) is 8.25. The predicted octanol–water partition coefficient (Wildman–Crippen LogP) is 4.33. The first kappa shape index (κ1) is 13.2. The van der Waals surface area contributed by atoms with Crippen molar-refractivity contribution in [1.82, 2.24) is 0 Å². The van der Waals surface area contributed by atoms with Gasteiger partial charge >= 0.3 is 0 Å². The molecule has 3 rings (SSSR count). The van der Waals surface area contributed by atoms with E-state index in [4.69, 9.17) is 5.73 Å². The summed E-state index contributed by atoms with van der Waals surface area (Å²) in [4.78, 5) is 0. The smallest absolute Gasteiger partial charge is 0.0102 e. The summed E-state index contributed by atoms with van der Waals surface area (Å²) < 4.78 is 0. The summed E-state index contributed by atoms with van der Waals surface area (Å²) in [6, 6.07) is 11.4. The maximum absolute atomic E-state index is 6.57. The molecule has 0 heterocycles. The molecule has 1 aromatic rings. The number of hydrogen-bond acceptors (Lipinski definition) is 1. The highest BCUT2D eigenvalue weighted by Gasteiger charge is 2.45. The van der Waals surface area contributed by atoms with Crippen LogP contribution in [0.25, 0.3) is 0 Å². The molecule has 3 atom stereocenters. The standard InChI is InChI=1S/C18H27N/c1-2-13-8-10-15(11-9-13)18(19)17-12-16(17)14-6-4-3-5-7-14/h3-7,13,15-18H,2,8-12,19H2,1H3. The second kappa shape index (κ2) is 5.66. The Balaban J connectivity index is 1.54. The van der Waals surface area contributed by atoms with Gasteiger partial charge in [-0.1, -0.05) is 56.5 Å². The molecule has 19 heavy (non-hydrogen) atoms. The lowest BCUT2D eigenvalue weighted by Gasteiger charge is -2.32. The van der Waals surface area contributed by atoms with Crippen LogP contribution in [0.4, 0.5) is 0 Å². The molecule has 0 spiro atoms. The minimum atomic E-state index is 0.447. The van der Waals surface area contributed by atoms with Crippen molar-refractivity contribution in [3.8, 4) is 0 Å². The molecule has 2 saturated carbocycles. The van der Waals surface area contributed by atoms with Crippen molar-refractivity contribution in [1.29, 1.82) is 0 Å². The van der Waals surface area contributed by atoms with Gasteiger partial charge in [0, 0.05) is 6.04 Å². The van der Waals surface area contributed by atoms with E-state index in [1.54, 1.807) is 0 Å². The van der Waals surface area contributed by atoms with Crippen LogP contribution in [0, 0.1) is 17.8 Å². The van der Waals surface area contributed by atoms with Gasteiger partial charge in [0.2, 0.25) is 0 Å². The number of nitrogens with two attached hydrogens (primary N) is 1. The quantitative estimate of drug-likeness (QED) is 0.853. The zero-order chi connectivity index (χ0) is 13.2. The maximum atomic E-state index is 6.57. The Bertz CT molecular complexity index is 391. The first-order valence-electron chi connectivity index (χ1n) is 8.10. The predicted molar refractivity (Wildman–Crippen MR) is 81.0 cm³/mol. The topological polar surface area (TPSA) is 26.0 Å². The van der Waals surface area contributed by atoms with E-state index in [1.165, 1.54) is 44.1 Å². The Morgan fingerprint density at radius 2 is 1.79 bits per heavy atom. The van der Waals surface area contributed by atoms with Crippen LogP contribution in [0.3, 0.4) is 0 Å². The fourth-order valence-corrected chi connectivity index (χ4v) is 4.05. The van der Waals surface area contributed by atoms with Gasteiger partial charge < -0.3 is 5.73 Å². The van der Waals surface area contributed by atoms with Gasteiger partial charge in [-0.3, -0.25) is 0 Å². The van der Waals surface area contributed by atoms with Crippen molar-refractivity contribution in [2.75, 3.05) is 0 Å². The third-order valence-electron chi connectivity index (χ3n) is 5.58. The highest BCUT2D eigenvalue weighted by molar-refractivity contribution is 5.26. The molecule has 2 fully saturated rings. The average Bonchev–Trinajstić information content (AvgIpc) is 3.28. The van der Waals surface area contributed by atoms with Crippen molar-refractivity contribution in [3.63, 3.8) is 0 Å². The molecule has 0 bridgehead atoms. The molecule has 2 aliphatic carbocycles. The van der Waals surface area contributed by atoms with Gasteiger partial charge in [0.15, 0.2) is 0 Å². The van der Waals surface area contributed by atoms with Gasteiger partial charge in [0.1, 0.15) is 0 Å². The van der Waals surface area contributed by atoms with Crippen LogP contribution < -0.4 is 5.73 Å². The molecule has 0 aromatic heterocycles. The average molecular weight is 257 g/mol. The largest absolute Gasteiger partial charge is 0.327 e. The van der Waals surface area contributed by atoms with E-state index in [0.717, 1.165) is 23.7 Å². The molecular weight excluding hydrogens is 230 g/mol. The molecule has 0 radical (unpaired) electrons. The molecule has 3 unspecified atom stereocenters. The fraction of sp³-hybridized carbons (Fsp3) is 0.667. The summed E-state index contributed by atoms with van der Waals surface area (Å²) in [7, 11) is 0. The van der Waals surface area contributed by atoms with Crippen molar-refractivity contribution in [3.05, 3.63) is 35.9 Å². The van der Waals surface area contributed by atoms with Gasteiger partial charge in [0.25, 0.3) is 0 Å². The minimum absolute atomic E-state index is 0.447. The Hall–Kier alpha value is -0.820. The van der Waals surface area contributed by atoms with Crippen LogP contribution in [0.5, 0.6) is 0 Å². The van der Waals surface area contributed by atoms with Crippen LogP contribution >= 0.6 is 0 Å². The van der Waals surface area contributed by atoms with E-state index in [1.807, 2.05) is 0 Å². The summed E-state index contributed by atoms with van der Waals surface area (Å²) in [5.74, 6) is 3.28. The molecule has 0 aliphatic heterocycles. The first-order chi connectivity index (χ1) is 9.29. The summed E-state index contributed by atoms with van der Waals surface area (Å²) >= 11 is 0. The van der Waals surface area contributed by atoms with Crippen molar-refractivity contribution >= 4 is 0 Å². The SMILES string of the molecule is CCC1CCC(C(N)C2CC2c2ccccc2)CC1. The molecular formula is C18H27N. The van der Waals surface area contributed by atoms with E-state index in [2.05, 4.69) is 37.3 Å². The maximum Gasteiger partial charge on any atom is 0.0102 e. The van der Waals surface area contributed by atoms with Gasteiger partial charge in [0.05, 0.1) is 0 Å². The van der Waals surface area contributed by atoms with Crippen molar-refractivity contribution in [2.45, 2.75) is 57.4 Å². The molecule has 1 aromatic carbocycles. The number of hydrogen-bond donors (Lipinski definition) is 1. The molecule has 1 nitrogen and oxygen atoms in total. The summed E-state index contributed by atoms with van der Waals surface area (Å²) in [5.41, 5.74) is 8.07. The third kappa shape index (κ3) is 2.86. The van der Waals surface area contributed by atoms with Crippen LogP contribution in [0.2, 0.25) is 0 Å². The fourth-order valence-electron chi connectivity index (χ4n) is 4.05. The molecule has 104 valence electrons. The van der Waals surface area contributed by atoms with Crippen molar-refractivity contribution < 1.29 is 0 Å². The Morgan fingerprint density at radius 3 is 2.42 bits per heavy atom. The molecule has 2 N–H and O–H groups in total. The van der Waals surface area contributed by atoms with Crippen LogP contribution in [0.1, 0.15) is 56.9 Å². The monoisotopic (exact) mass is 257 g/mol. The summed E-state index contributed by atoms with van der Waals surface area (Å²) in [5, 5.41) is 0. The Morgan fingerprint density at radius 1 is 1.11 bits per heavy atom. The highest BCUT2D eigenvalue weighted by Crippen LogP contribution is 2.51. The molecule has 1 heteroatoms. The lowest BCUT2D eigenvalue weighted by molar-refractivity contribution is 0.226. The normalized spacial score (nSPS) is 35.9. The van der Waals surface area contributed by atoms with E-state index in [0.29, 0.717) is 6.04 Å². The van der Waals surface area contributed by atoms with Crippen LogP contribution in [-0.4, -0.2) is 6.04 Å². The highest BCUT2D eigenvalue weighted by atomic mass is 14.7. The van der Waals surface area contributed by atoms with Crippen molar-refractivity contribution in [2.24, 2.45) is 23.5 Å². The lowest BCUT2D eigenvalue weighted by atomic mass is 9.76. The zero-order valence-electron chi connectivity index (χ0n) is 12.1. The first-order valence-corrected chi connectivity index (χ1v) is 8.10. The Labute approximate surface area is 117 Å². The summed E-state index contributed by atoms with van der Waals surface area (Å²) in [6.45, 7) is 2.33.